The smallest absolute Gasteiger partial charge is 0.548 e. The molecule has 0 spiro atoms. The second kappa shape index (κ2) is 8.17. The molecule has 0 aliphatic carbocycles. The second-order valence-corrected chi connectivity index (χ2v) is 3.28. The molecule has 2 N–H and O–H groups in total. The Morgan fingerprint density at radius 1 is 1.29 bits per heavy atom. The molecule has 0 heterocycles. The molecule has 5 nitrogen and oxygen atoms in total. The molecular formula is C8H16KNO4. The molecule has 0 atom stereocenters. The Hall–Kier alpha value is 0.986. The summed E-state index contributed by atoms with van der Waals surface area (Å²) in [6, 6.07) is 0. The summed E-state index contributed by atoms with van der Waals surface area (Å²) in [5.41, 5.74) is -1.16. The third-order valence-electron chi connectivity index (χ3n) is 2.03. The van der Waals surface area contributed by atoms with Crippen LogP contribution in [0.4, 0.5) is 0 Å². The first-order valence-electron chi connectivity index (χ1n) is 4.15. The van der Waals surface area contributed by atoms with Crippen LogP contribution >= 0.6 is 0 Å². The molecule has 0 aromatic rings. The molecule has 0 saturated carbocycles. The van der Waals surface area contributed by atoms with Gasteiger partial charge in [0.2, 0.25) is 0 Å². The number of carboxylic acids is 1. The number of carboxylic acid groups (broad SMARTS) is 1. The summed E-state index contributed by atoms with van der Waals surface area (Å²) in [5.74, 6) is -1.21. The summed E-state index contributed by atoms with van der Waals surface area (Å²) in [7, 11) is 0. The number of aliphatic hydroxyl groups is 2. The maximum atomic E-state index is 10.7. The molecule has 0 saturated heterocycles. The van der Waals surface area contributed by atoms with Gasteiger partial charge in [0.1, 0.15) is 0 Å². The van der Waals surface area contributed by atoms with E-state index < -0.39 is 11.5 Å². The molecule has 0 amide bonds. The van der Waals surface area contributed by atoms with Gasteiger partial charge in [-0.05, 0) is 13.8 Å². The van der Waals surface area contributed by atoms with Crippen LogP contribution in [0.1, 0.15) is 13.8 Å². The molecule has 0 aromatic carbocycles. The molecule has 0 bridgehead atoms. The van der Waals surface area contributed by atoms with Crippen molar-refractivity contribution in [3.05, 3.63) is 0 Å². The van der Waals surface area contributed by atoms with Gasteiger partial charge < -0.3 is 20.1 Å². The van der Waals surface area contributed by atoms with Gasteiger partial charge in [-0.25, -0.2) is 0 Å². The van der Waals surface area contributed by atoms with E-state index in [0.29, 0.717) is 0 Å². The molecule has 0 aliphatic rings. The first-order valence-corrected chi connectivity index (χ1v) is 4.15. The Morgan fingerprint density at radius 2 is 1.64 bits per heavy atom. The van der Waals surface area contributed by atoms with Gasteiger partial charge in [-0.2, -0.15) is 0 Å². The molecule has 0 fully saturated rings. The molecule has 0 unspecified atom stereocenters. The topological polar surface area (TPSA) is 83.8 Å². The van der Waals surface area contributed by atoms with Crippen molar-refractivity contribution in [2.24, 2.45) is 0 Å². The van der Waals surface area contributed by atoms with Gasteiger partial charge in [-0.1, -0.05) is 0 Å². The van der Waals surface area contributed by atoms with Crippen molar-refractivity contribution < 1.29 is 71.5 Å². The summed E-state index contributed by atoms with van der Waals surface area (Å²) in [5, 5.41) is 28.0. The van der Waals surface area contributed by atoms with Gasteiger partial charge in [0.25, 0.3) is 0 Å². The van der Waals surface area contributed by atoms with Crippen LogP contribution in [-0.2, 0) is 4.79 Å². The maximum absolute atomic E-state index is 10.7. The van der Waals surface area contributed by atoms with Crippen molar-refractivity contribution in [3.8, 4) is 0 Å². The van der Waals surface area contributed by atoms with E-state index in [1.165, 1.54) is 18.7 Å². The summed E-state index contributed by atoms with van der Waals surface area (Å²) in [6.07, 6.45) is 0. The molecule has 78 valence electrons. The van der Waals surface area contributed by atoms with Crippen LogP contribution in [0.3, 0.4) is 0 Å². The first-order chi connectivity index (χ1) is 5.96. The average Bonchev–Trinajstić information content (AvgIpc) is 2.03. The van der Waals surface area contributed by atoms with Crippen LogP contribution < -0.4 is 56.5 Å². The molecule has 6 heteroatoms. The number of aliphatic hydroxyl groups excluding tert-OH is 2. The summed E-state index contributed by atoms with van der Waals surface area (Å²) >= 11 is 0. The number of β-amino-alcohol motifs (C(OH)–C–C–N with tert-alkyl or cyclic N) is 2. The number of hydrogen-bond acceptors (Lipinski definition) is 5. The van der Waals surface area contributed by atoms with Crippen molar-refractivity contribution in [3.63, 3.8) is 0 Å². The fourth-order valence-corrected chi connectivity index (χ4v) is 1.04. The monoisotopic (exact) mass is 229 g/mol. The van der Waals surface area contributed by atoms with Gasteiger partial charge in [0.15, 0.2) is 0 Å². The Labute approximate surface area is 127 Å². The van der Waals surface area contributed by atoms with Crippen LogP contribution in [0.25, 0.3) is 0 Å². The minimum Gasteiger partial charge on any atom is -0.548 e. The van der Waals surface area contributed by atoms with Crippen molar-refractivity contribution >= 4 is 5.97 Å². The molecule has 0 aromatic heterocycles. The van der Waals surface area contributed by atoms with E-state index in [1.807, 2.05) is 0 Å². The largest absolute Gasteiger partial charge is 1.00 e. The third-order valence-corrected chi connectivity index (χ3v) is 2.03. The van der Waals surface area contributed by atoms with E-state index in [9.17, 15) is 9.90 Å². The zero-order valence-corrected chi connectivity index (χ0v) is 12.1. The normalized spacial score (nSPS) is 11.2. The van der Waals surface area contributed by atoms with Crippen LogP contribution in [-0.4, -0.2) is 52.9 Å². The predicted octanol–water partition coefficient (Wildman–Crippen LogP) is -5.19. The molecule has 0 aliphatic heterocycles. The van der Waals surface area contributed by atoms with Gasteiger partial charge in [0.05, 0.1) is 24.7 Å². The van der Waals surface area contributed by atoms with Crippen LogP contribution in [0.2, 0.25) is 0 Å². The van der Waals surface area contributed by atoms with Crippen molar-refractivity contribution in [2.75, 3.05) is 26.3 Å². The molecule has 14 heavy (non-hydrogen) atoms. The number of rotatable bonds is 6. The summed E-state index contributed by atoms with van der Waals surface area (Å²) in [4.78, 5) is 12.2. The minimum absolute atomic E-state index is 0. The molecule has 0 rings (SSSR count). The third kappa shape index (κ3) is 5.18. The summed E-state index contributed by atoms with van der Waals surface area (Å²) < 4.78 is 0. The van der Waals surface area contributed by atoms with Gasteiger partial charge in [-0.3, -0.25) is 4.90 Å². The average molecular weight is 229 g/mol. The Kier molecular flexibility index (Phi) is 10.2. The van der Waals surface area contributed by atoms with E-state index in [4.69, 9.17) is 10.2 Å². The predicted molar refractivity (Wildman–Crippen MR) is 44.8 cm³/mol. The van der Waals surface area contributed by atoms with Crippen LogP contribution in [0.15, 0.2) is 0 Å². The zero-order valence-electron chi connectivity index (χ0n) is 8.99. The van der Waals surface area contributed by atoms with E-state index in [-0.39, 0.29) is 77.7 Å². The number of aliphatic carboxylic acids is 1. The van der Waals surface area contributed by atoms with Crippen LogP contribution in [0, 0.1) is 0 Å². The second-order valence-electron chi connectivity index (χ2n) is 3.28. The number of carbonyl (C=O) groups is 1. The summed E-state index contributed by atoms with van der Waals surface area (Å²) in [6.45, 7) is 3.10. The van der Waals surface area contributed by atoms with Crippen LogP contribution in [0.5, 0.6) is 0 Å². The Bertz CT molecular complexity index is 169. The number of carbonyl (C=O) groups excluding carboxylic acids is 1. The maximum Gasteiger partial charge on any atom is 1.00 e. The van der Waals surface area contributed by atoms with E-state index in [1.54, 1.807) is 0 Å². The quantitative estimate of drug-likeness (QED) is 0.445. The Morgan fingerprint density at radius 3 is 1.86 bits per heavy atom. The molecule has 0 radical (unpaired) electrons. The molecular weight excluding hydrogens is 213 g/mol. The van der Waals surface area contributed by atoms with E-state index in [2.05, 4.69) is 0 Å². The van der Waals surface area contributed by atoms with Crippen molar-refractivity contribution in [2.45, 2.75) is 19.4 Å². The SMILES string of the molecule is CC(C)(C(=O)[O-])N(CCO)CCO.[K+]. The standard InChI is InChI=1S/C8H17NO4.K/c1-8(2,7(12)13)9(3-5-10)4-6-11;/h10-11H,3-6H2,1-2H3,(H,12,13);/q;+1/p-1. The zero-order chi connectivity index (χ0) is 10.5. The first kappa shape index (κ1) is 17.4. The van der Waals surface area contributed by atoms with E-state index >= 15 is 0 Å². The van der Waals surface area contributed by atoms with Gasteiger partial charge in [-0.15, -0.1) is 0 Å². The van der Waals surface area contributed by atoms with Crippen molar-refractivity contribution in [1.29, 1.82) is 0 Å². The minimum atomic E-state index is -1.21. The van der Waals surface area contributed by atoms with Gasteiger partial charge >= 0.3 is 51.4 Å². The fourth-order valence-electron chi connectivity index (χ4n) is 1.04. The van der Waals surface area contributed by atoms with Gasteiger partial charge in [0, 0.05) is 13.1 Å². The van der Waals surface area contributed by atoms with Crippen molar-refractivity contribution in [1.82, 2.24) is 4.90 Å². The number of nitrogens with zero attached hydrogens (tertiary/aromatic N) is 1. The Balaban J connectivity index is 0. The number of hydrogen-bond donors (Lipinski definition) is 2. The van der Waals surface area contributed by atoms with E-state index in [0.717, 1.165) is 0 Å². The fraction of sp³-hybridized carbons (Fsp3) is 0.875.